The molecule has 10 heteroatoms. The quantitative estimate of drug-likeness (QED) is 0.213. The molecule has 1 amide bonds. The number of aromatic hydroxyl groups is 1. The smallest absolute Gasteiger partial charge is 0.404 e. The van der Waals surface area contributed by atoms with E-state index in [1.54, 1.807) is 45.0 Å². The summed E-state index contributed by atoms with van der Waals surface area (Å²) in [7, 11) is -3.86. The Balaban J connectivity index is 1.66. The standard InChI is InChI=1S/C29H36N2O7S/c1-19(2)28(39(36,37)24-13-14-26(32)20(3)15-24)30-17-27(33)25(31-29(34)35)16-21-9-11-23(12-10-21)38-18-22-7-5-4-6-8-22/h4-15,19,25,27-28,30-33H,16-18H2,1-3H3,(H,34,35)/t25-,27+,28?/m0/s1. The summed E-state index contributed by atoms with van der Waals surface area (Å²) in [4.78, 5) is 11.5. The highest BCUT2D eigenvalue weighted by Crippen LogP contribution is 2.25. The number of phenols is 1. The first-order valence-electron chi connectivity index (χ1n) is 12.7. The van der Waals surface area contributed by atoms with Crippen LogP contribution < -0.4 is 15.4 Å². The lowest BCUT2D eigenvalue weighted by molar-refractivity contribution is 0.116. The Labute approximate surface area is 229 Å². The molecule has 0 fully saturated rings. The second-order valence-corrected chi connectivity index (χ2v) is 11.9. The van der Waals surface area contributed by atoms with Crippen LogP contribution in [0.25, 0.3) is 0 Å². The van der Waals surface area contributed by atoms with Gasteiger partial charge in [0.05, 0.1) is 17.0 Å². The number of aliphatic hydroxyl groups is 1. The van der Waals surface area contributed by atoms with Crippen LogP contribution in [0.4, 0.5) is 4.79 Å². The molecule has 3 atom stereocenters. The number of hydrogen-bond donors (Lipinski definition) is 5. The maximum atomic E-state index is 13.3. The summed E-state index contributed by atoms with van der Waals surface area (Å²) in [5.41, 5.74) is 2.23. The van der Waals surface area contributed by atoms with Gasteiger partial charge < -0.3 is 25.4 Å². The Morgan fingerprint density at radius 1 is 0.974 bits per heavy atom. The van der Waals surface area contributed by atoms with Crippen LogP contribution in [0.15, 0.2) is 77.7 Å². The molecule has 210 valence electrons. The number of carbonyl (C=O) groups is 1. The van der Waals surface area contributed by atoms with Gasteiger partial charge in [-0.25, -0.2) is 13.2 Å². The van der Waals surface area contributed by atoms with Gasteiger partial charge >= 0.3 is 6.09 Å². The maximum Gasteiger partial charge on any atom is 0.404 e. The molecule has 9 nitrogen and oxygen atoms in total. The van der Waals surface area contributed by atoms with Crippen molar-refractivity contribution in [3.05, 3.63) is 89.5 Å². The molecule has 0 spiro atoms. The van der Waals surface area contributed by atoms with Gasteiger partial charge in [-0.15, -0.1) is 0 Å². The third-order valence-corrected chi connectivity index (χ3v) is 8.66. The number of sulfone groups is 1. The van der Waals surface area contributed by atoms with Crippen LogP contribution in [-0.2, 0) is 22.9 Å². The van der Waals surface area contributed by atoms with Gasteiger partial charge in [0.2, 0.25) is 0 Å². The van der Waals surface area contributed by atoms with Gasteiger partial charge in [0, 0.05) is 6.54 Å². The van der Waals surface area contributed by atoms with Crippen molar-refractivity contribution in [2.24, 2.45) is 5.92 Å². The van der Waals surface area contributed by atoms with E-state index in [4.69, 9.17) is 4.74 Å². The molecule has 0 saturated heterocycles. The van der Waals surface area contributed by atoms with Gasteiger partial charge in [-0.2, -0.15) is 0 Å². The zero-order chi connectivity index (χ0) is 28.6. The molecule has 0 aliphatic rings. The Kier molecular flexibility index (Phi) is 10.3. The predicted molar refractivity (Wildman–Crippen MR) is 149 cm³/mol. The molecule has 0 saturated carbocycles. The summed E-state index contributed by atoms with van der Waals surface area (Å²) < 4.78 is 32.4. The van der Waals surface area contributed by atoms with Crippen LogP contribution in [0.5, 0.6) is 11.5 Å². The molecule has 3 rings (SSSR count). The topological polar surface area (TPSA) is 145 Å². The highest BCUT2D eigenvalue weighted by Gasteiger charge is 2.32. The van der Waals surface area contributed by atoms with Crippen molar-refractivity contribution in [2.45, 2.75) is 56.2 Å². The van der Waals surface area contributed by atoms with E-state index in [0.717, 1.165) is 11.1 Å². The first-order valence-corrected chi connectivity index (χ1v) is 14.2. The number of phenolic OH excluding ortho intramolecular Hbond substituents is 1. The third-order valence-electron chi connectivity index (χ3n) is 6.37. The van der Waals surface area contributed by atoms with Crippen LogP contribution in [-0.4, -0.2) is 53.9 Å². The third kappa shape index (κ3) is 8.44. The minimum atomic E-state index is -3.86. The minimum absolute atomic E-state index is 0.00296. The van der Waals surface area contributed by atoms with E-state index < -0.39 is 33.5 Å². The molecule has 39 heavy (non-hydrogen) atoms. The van der Waals surface area contributed by atoms with Gasteiger partial charge in [-0.05, 0) is 66.3 Å². The SMILES string of the molecule is Cc1cc(S(=O)(=O)C(NC[C@@H](O)[C@H](Cc2ccc(OCc3ccccc3)cc2)NC(=O)O)C(C)C)ccc1O. The number of rotatable bonds is 13. The van der Waals surface area contributed by atoms with E-state index in [1.807, 2.05) is 30.3 Å². The maximum absolute atomic E-state index is 13.3. The van der Waals surface area contributed by atoms with E-state index in [0.29, 0.717) is 17.9 Å². The minimum Gasteiger partial charge on any atom is -0.508 e. The van der Waals surface area contributed by atoms with Gasteiger partial charge in [0.25, 0.3) is 0 Å². The fraction of sp³-hybridized carbons (Fsp3) is 0.345. The predicted octanol–water partition coefficient (Wildman–Crippen LogP) is 3.86. The average Bonchev–Trinajstić information content (AvgIpc) is 2.89. The molecule has 5 N–H and O–H groups in total. The van der Waals surface area contributed by atoms with Crippen molar-refractivity contribution in [1.82, 2.24) is 10.6 Å². The molecule has 3 aromatic carbocycles. The summed E-state index contributed by atoms with van der Waals surface area (Å²) in [6.07, 6.45) is -2.33. The van der Waals surface area contributed by atoms with Crippen molar-refractivity contribution in [3.8, 4) is 11.5 Å². The molecule has 0 heterocycles. The fourth-order valence-corrected chi connectivity index (χ4v) is 6.12. The number of amides is 1. The van der Waals surface area contributed by atoms with E-state index in [9.17, 15) is 28.5 Å². The summed E-state index contributed by atoms with van der Waals surface area (Å²) in [6.45, 7) is 5.34. The van der Waals surface area contributed by atoms with Crippen molar-refractivity contribution >= 4 is 15.9 Å². The second-order valence-electron chi connectivity index (χ2n) is 9.81. The van der Waals surface area contributed by atoms with Crippen molar-refractivity contribution in [1.29, 1.82) is 0 Å². The number of hydrogen-bond acceptors (Lipinski definition) is 7. The average molecular weight is 557 g/mol. The summed E-state index contributed by atoms with van der Waals surface area (Å²) in [6, 6.07) is 20.1. The normalized spacial score (nSPS) is 14.0. The fourth-order valence-electron chi connectivity index (χ4n) is 4.19. The molecular formula is C29H36N2O7S. The zero-order valence-corrected chi connectivity index (χ0v) is 23.1. The molecule has 0 aliphatic carbocycles. The Morgan fingerprint density at radius 2 is 1.64 bits per heavy atom. The molecule has 0 bridgehead atoms. The highest BCUT2D eigenvalue weighted by atomic mass is 32.2. The van der Waals surface area contributed by atoms with Gasteiger partial charge in [-0.1, -0.05) is 56.3 Å². The molecule has 3 aromatic rings. The number of nitrogens with one attached hydrogen (secondary N) is 2. The van der Waals surface area contributed by atoms with Crippen molar-refractivity contribution in [3.63, 3.8) is 0 Å². The van der Waals surface area contributed by atoms with Crippen LogP contribution in [0.3, 0.4) is 0 Å². The number of carboxylic acid groups (broad SMARTS) is 1. The molecular weight excluding hydrogens is 520 g/mol. The lowest BCUT2D eigenvalue weighted by Crippen LogP contribution is -2.51. The number of aliphatic hydroxyl groups excluding tert-OH is 1. The number of benzene rings is 3. The number of ether oxygens (including phenoxy) is 1. The second kappa shape index (κ2) is 13.5. The van der Waals surface area contributed by atoms with Crippen molar-refractivity contribution in [2.75, 3.05) is 6.54 Å². The molecule has 0 aliphatic heterocycles. The molecule has 1 unspecified atom stereocenters. The highest BCUT2D eigenvalue weighted by molar-refractivity contribution is 7.92. The largest absolute Gasteiger partial charge is 0.508 e. The lowest BCUT2D eigenvalue weighted by Gasteiger charge is -2.28. The monoisotopic (exact) mass is 556 g/mol. The van der Waals surface area contributed by atoms with Gasteiger partial charge in [-0.3, -0.25) is 5.32 Å². The summed E-state index contributed by atoms with van der Waals surface area (Å²) >= 11 is 0. The lowest BCUT2D eigenvalue weighted by atomic mass is 10.0. The summed E-state index contributed by atoms with van der Waals surface area (Å²) in [5.74, 6) is 0.296. The Bertz CT molecular complexity index is 1330. The van der Waals surface area contributed by atoms with Crippen LogP contribution in [0.2, 0.25) is 0 Å². The van der Waals surface area contributed by atoms with Crippen molar-refractivity contribution < 1.29 is 33.3 Å². The van der Waals surface area contributed by atoms with Crippen LogP contribution in [0.1, 0.15) is 30.5 Å². The Hall–Kier alpha value is -3.60. The molecule has 0 aromatic heterocycles. The van der Waals surface area contributed by atoms with Crippen LogP contribution >= 0.6 is 0 Å². The van der Waals surface area contributed by atoms with Gasteiger partial charge in [0.1, 0.15) is 23.5 Å². The van der Waals surface area contributed by atoms with E-state index >= 15 is 0 Å². The van der Waals surface area contributed by atoms with E-state index in [-0.39, 0.29) is 29.5 Å². The first kappa shape index (κ1) is 29.9. The zero-order valence-electron chi connectivity index (χ0n) is 22.2. The molecule has 0 radical (unpaired) electrons. The van der Waals surface area contributed by atoms with E-state index in [2.05, 4.69) is 10.6 Å². The Morgan fingerprint density at radius 3 is 2.23 bits per heavy atom. The van der Waals surface area contributed by atoms with E-state index in [1.165, 1.54) is 18.2 Å². The first-order chi connectivity index (χ1) is 18.5. The summed E-state index contributed by atoms with van der Waals surface area (Å²) in [5, 5.41) is 34.2. The van der Waals surface area contributed by atoms with Gasteiger partial charge in [0.15, 0.2) is 9.84 Å². The van der Waals surface area contributed by atoms with Crippen LogP contribution in [0, 0.1) is 12.8 Å². The number of aryl methyl sites for hydroxylation is 1.